The third kappa shape index (κ3) is 20.0. The van der Waals surface area contributed by atoms with Gasteiger partial charge in [-0.25, -0.2) is 0 Å². The van der Waals surface area contributed by atoms with Crippen molar-refractivity contribution in [2.24, 2.45) is 10.8 Å². The molecule has 0 aromatic rings. The summed E-state index contributed by atoms with van der Waals surface area (Å²) in [5.41, 5.74) is 1.07. The predicted octanol–water partition coefficient (Wildman–Crippen LogP) is 8.54. The molecule has 0 fully saturated rings. The molecule has 0 aromatic carbocycles. The van der Waals surface area contributed by atoms with E-state index in [1.54, 1.807) is 0 Å². The van der Waals surface area contributed by atoms with Crippen LogP contribution >= 0.6 is 0 Å². The molecule has 0 aliphatic heterocycles. The van der Waals surface area contributed by atoms with Crippen LogP contribution in [0.15, 0.2) is 0 Å². The first kappa shape index (κ1) is 22.0. The van der Waals surface area contributed by atoms with Gasteiger partial charge in [0.05, 0.1) is 0 Å². The molecule has 0 saturated carbocycles. The van der Waals surface area contributed by atoms with E-state index >= 15 is 0 Å². The minimum Gasteiger partial charge on any atom is -0.0602 e. The summed E-state index contributed by atoms with van der Waals surface area (Å²) in [7, 11) is 0. The van der Waals surface area contributed by atoms with Crippen molar-refractivity contribution in [3.8, 4) is 0 Å². The maximum absolute atomic E-state index is 2.36. The Kier molecular flexibility index (Phi) is 12.4. The predicted molar refractivity (Wildman–Crippen MR) is 104 cm³/mol. The lowest BCUT2D eigenvalue weighted by molar-refractivity contribution is 0.355. The summed E-state index contributed by atoms with van der Waals surface area (Å²) in [5.74, 6) is 0. The van der Waals surface area contributed by atoms with Crippen molar-refractivity contribution in [3.05, 3.63) is 0 Å². The Hall–Kier alpha value is 0. The van der Waals surface area contributed by atoms with E-state index in [1.165, 1.54) is 89.9 Å². The molecule has 0 aliphatic carbocycles. The fourth-order valence-electron chi connectivity index (χ4n) is 3.08. The highest BCUT2D eigenvalue weighted by Crippen LogP contribution is 2.23. The van der Waals surface area contributed by atoms with Crippen molar-refractivity contribution in [2.45, 2.75) is 131 Å². The first-order valence-electron chi connectivity index (χ1n) is 10.2. The zero-order valence-electron chi connectivity index (χ0n) is 16.9. The van der Waals surface area contributed by atoms with Crippen LogP contribution in [-0.2, 0) is 0 Å². The Bertz CT molecular complexity index is 199. The third-order valence-electron chi connectivity index (χ3n) is 4.60. The second-order valence-electron chi connectivity index (χ2n) is 9.86. The zero-order chi connectivity index (χ0) is 16.9. The lowest BCUT2D eigenvalue weighted by atomic mass is 9.89. The van der Waals surface area contributed by atoms with E-state index < -0.39 is 0 Å². The highest BCUT2D eigenvalue weighted by molar-refractivity contribution is 4.62. The molecule has 0 rings (SSSR count). The molecule has 0 aromatic heterocycles. The van der Waals surface area contributed by atoms with Crippen LogP contribution in [0.5, 0.6) is 0 Å². The Morgan fingerprint density at radius 3 is 0.682 bits per heavy atom. The van der Waals surface area contributed by atoms with Gasteiger partial charge in [-0.15, -0.1) is 0 Å². The van der Waals surface area contributed by atoms with Crippen LogP contribution in [0.2, 0.25) is 0 Å². The number of hydrogen-bond donors (Lipinski definition) is 0. The quantitative estimate of drug-likeness (QED) is 0.299. The molecule has 0 bridgehead atoms. The van der Waals surface area contributed by atoms with Crippen LogP contribution in [0.25, 0.3) is 0 Å². The molecule has 0 heteroatoms. The first-order chi connectivity index (χ1) is 10.2. The van der Waals surface area contributed by atoms with Crippen molar-refractivity contribution in [3.63, 3.8) is 0 Å². The van der Waals surface area contributed by atoms with Crippen LogP contribution in [0.4, 0.5) is 0 Å². The molecule has 0 spiro atoms. The van der Waals surface area contributed by atoms with Crippen LogP contribution in [0, 0.1) is 10.8 Å². The number of rotatable bonds is 13. The summed E-state index contributed by atoms with van der Waals surface area (Å²) in [5, 5.41) is 0. The molecule has 0 radical (unpaired) electrons. The molecule has 0 nitrogen and oxygen atoms in total. The Morgan fingerprint density at radius 2 is 0.500 bits per heavy atom. The topological polar surface area (TPSA) is 0 Å². The van der Waals surface area contributed by atoms with Crippen molar-refractivity contribution < 1.29 is 0 Å². The van der Waals surface area contributed by atoms with Gasteiger partial charge in [-0.3, -0.25) is 0 Å². The average molecular weight is 311 g/mol. The van der Waals surface area contributed by atoms with Crippen molar-refractivity contribution in [1.82, 2.24) is 0 Å². The van der Waals surface area contributed by atoms with Crippen LogP contribution in [0.1, 0.15) is 131 Å². The molecule has 0 amide bonds. The minimum absolute atomic E-state index is 0.535. The van der Waals surface area contributed by atoms with Gasteiger partial charge in [0.2, 0.25) is 0 Å². The van der Waals surface area contributed by atoms with E-state index in [0.717, 1.165) is 0 Å². The maximum atomic E-state index is 2.36. The van der Waals surface area contributed by atoms with Crippen molar-refractivity contribution in [1.29, 1.82) is 0 Å². The molecular weight excluding hydrogens is 264 g/mol. The van der Waals surface area contributed by atoms with E-state index in [2.05, 4.69) is 41.5 Å². The lowest BCUT2D eigenvalue weighted by Gasteiger charge is -2.17. The van der Waals surface area contributed by atoms with Gasteiger partial charge in [0, 0.05) is 0 Å². The molecule has 134 valence electrons. The summed E-state index contributed by atoms with van der Waals surface area (Å²) in [6, 6.07) is 0. The van der Waals surface area contributed by atoms with Gasteiger partial charge in [-0.1, -0.05) is 119 Å². The van der Waals surface area contributed by atoms with E-state index in [1.807, 2.05) is 0 Å². The standard InChI is InChI=1S/C22H46/c1-21(2,3)19-17-15-13-11-9-7-8-10-12-14-16-18-20-22(4,5)6/h7-20H2,1-6H3. The number of hydrogen-bond acceptors (Lipinski definition) is 0. The van der Waals surface area contributed by atoms with E-state index in [4.69, 9.17) is 0 Å². The third-order valence-corrected chi connectivity index (χ3v) is 4.60. The Morgan fingerprint density at radius 1 is 0.318 bits per heavy atom. The maximum Gasteiger partial charge on any atom is -0.0383 e. The van der Waals surface area contributed by atoms with Gasteiger partial charge in [0.25, 0.3) is 0 Å². The first-order valence-corrected chi connectivity index (χ1v) is 10.2. The van der Waals surface area contributed by atoms with Gasteiger partial charge in [-0.05, 0) is 23.7 Å². The van der Waals surface area contributed by atoms with Crippen molar-refractivity contribution >= 4 is 0 Å². The SMILES string of the molecule is CC(C)(C)CCCCCCCCCCCCCCC(C)(C)C. The average Bonchev–Trinajstić information content (AvgIpc) is 2.36. The fraction of sp³-hybridized carbons (Fsp3) is 1.00. The van der Waals surface area contributed by atoms with E-state index in [-0.39, 0.29) is 0 Å². The summed E-state index contributed by atoms with van der Waals surface area (Å²) >= 11 is 0. The van der Waals surface area contributed by atoms with E-state index in [9.17, 15) is 0 Å². The lowest BCUT2D eigenvalue weighted by Crippen LogP contribution is -2.03. The normalized spacial score (nSPS) is 12.8. The molecular formula is C22H46. The zero-order valence-corrected chi connectivity index (χ0v) is 16.9. The smallest absolute Gasteiger partial charge is 0.0383 e. The highest BCUT2D eigenvalue weighted by atomic mass is 14.1. The second kappa shape index (κ2) is 12.4. The van der Waals surface area contributed by atoms with Gasteiger partial charge < -0.3 is 0 Å². The fourth-order valence-corrected chi connectivity index (χ4v) is 3.08. The summed E-state index contributed by atoms with van der Waals surface area (Å²) in [4.78, 5) is 0. The molecule has 0 unspecified atom stereocenters. The largest absolute Gasteiger partial charge is 0.0602 e. The highest BCUT2D eigenvalue weighted by Gasteiger charge is 2.09. The Balaban J connectivity index is 3.09. The Labute approximate surface area is 142 Å². The molecule has 0 atom stereocenters. The minimum atomic E-state index is 0.535. The van der Waals surface area contributed by atoms with Gasteiger partial charge in [0.1, 0.15) is 0 Å². The number of unbranched alkanes of at least 4 members (excludes halogenated alkanes) is 11. The monoisotopic (exact) mass is 310 g/mol. The van der Waals surface area contributed by atoms with E-state index in [0.29, 0.717) is 10.8 Å². The summed E-state index contributed by atoms with van der Waals surface area (Å²) in [6.07, 6.45) is 20.3. The molecule has 0 N–H and O–H groups in total. The van der Waals surface area contributed by atoms with Crippen LogP contribution in [-0.4, -0.2) is 0 Å². The second-order valence-corrected chi connectivity index (χ2v) is 9.86. The van der Waals surface area contributed by atoms with Crippen LogP contribution in [0.3, 0.4) is 0 Å². The summed E-state index contributed by atoms with van der Waals surface area (Å²) in [6.45, 7) is 14.1. The summed E-state index contributed by atoms with van der Waals surface area (Å²) < 4.78 is 0. The molecule has 0 aliphatic rings. The van der Waals surface area contributed by atoms with Gasteiger partial charge in [0.15, 0.2) is 0 Å². The van der Waals surface area contributed by atoms with Crippen LogP contribution < -0.4 is 0 Å². The molecule has 0 saturated heterocycles. The van der Waals surface area contributed by atoms with Gasteiger partial charge in [-0.2, -0.15) is 0 Å². The molecule has 22 heavy (non-hydrogen) atoms. The van der Waals surface area contributed by atoms with Gasteiger partial charge >= 0.3 is 0 Å². The molecule has 0 heterocycles. The van der Waals surface area contributed by atoms with Crippen molar-refractivity contribution in [2.75, 3.05) is 0 Å².